The number of aromatic amines is 1. The van der Waals surface area contributed by atoms with Crippen LogP contribution in [0.25, 0.3) is 34.1 Å². The molecular weight excluding hydrogens is 459 g/mol. The number of imidazole rings is 1. The van der Waals surface area contributed by atoms with E-state index in [4.69, 9.17) is 11.6 Å². The number of nitrogens with zero attached hydrogens (tertiary/aromatic N) is 6. The number of halogens is 4. The normalized spacial score (nSPS) is 12.6. The van der Waals surface area contributed by atoms with Crippen molar-refractivity contribution in [1.82, 2.24) is 34.9 Å². The number of hydrogen-bond donors (Lipinski definition) is 1. The summed E-state index contributed by atoms with van der Waals surface area (Å²) < 4.78 is 65.7. The maximum Gasteiger partial charge on any atom is 0.435 e. The van der Waals surface area contributed by atoms with Crippen LogP contribution in [-0.2, 0) is 23.1 Å². The Labute approximate surface area is 178 Å². The van der Waals surface area contributed by atoms with Gasteiger partial charge in [0.05, 0.1) is 27.6 Å². The molecule has 162 valence electrons. The van der Waals surface area contributed by atoms with Crippen molar-refractivity contribution in [3.05, 3.63) is 35.1 Å². The van der Waals surface area contributed by atoms with Crippen molar-refractivity contribution in [3.63, 3.8) is 0 Å². The number of sulfone groups is 1. The molecule has 4 aromatic rings. The number of aromatic nitrogens is 7. The van der Waals surface area contributed by atoms with Gasteiger partial charge in [0.1, 0.15) is 16.9 Å². The van der Waals surface area contributed by atoms with Crippen molar-refractivity contribution in [2.45, 2.75) is 18.0 Å². The van der Waals surface area contributed by atoms with Gasteiger partial charge >= 0.3 is 6.18 Å². The average Bonchev–Trinajstić information content (AvgIpc) is 3.29. The third-order valence-electron chi connectivity index (χ3n) is 4.54. The maximum atomic E-state index is 13.0. The van der Waals surface area contributed by atoms with Gasteiger partial charge in [0, 0.05) is 13.1 Å². The molecule has 0 aliphatic carbocycles. The molecule has 0 bridgehead atoms. The van der Waals surface area contributed by atoms with Crippen LogP contribution >= 0.6 is 11.6 Å². The first-order valence-corrected chi connectivity index (χ1v) is 10.8. The van der Waals surface area contributed by atoms with Crippen molar-refractivity contribution in [3.8, 4) is 22.9 Å². The Morgan fingerprint density at radius 1 is 1.19 bits per heavy atom. The van der Waals surface area contributed by atoms with Crippen molar-refractivity contribution >= 4 is 32.6 Å². The van der Waals surface area contributed by atoms with E-state index in [1.807, 2.05) is 0 Å². The zero-order valence-electron chi connectivity index (χ0n) is 15.9. The molecule has 4 heterocycles. The molecule has 0 saturated carbocycles. The SMILES string of the molecule is CCS(=O)(=O)c1ccc(-c2[nH]ncc2Cl)nc1-c1nc2cc(C(F)(F)F)nnc2n1C. The molecule has 0 fully saturated rings. The smallest absolute Gasteiger partial charge is 0.309 e. The molecule has 14 heteroatoms. The van der Waals surface area contributed by atoms with Gasteiger partial charge in [-0.15, -0.1) is 10.2 Å². The summed E-state index contributed by atoms with van der Waals surface area (Å²) in [6.45, 7) is 1.47. The first-order valence-electron chi connectivity index (χ1n) is 8.73. The summed E-state index contributed by atoms with van der Waals surface area (Å²) in [5, 5.41) is 13.5. The van der Waals surface area contributed by atoms with Crippen LogP contribution in [0, 0.1) is 0 Å². The minimum Gasteiger partial charge on any atom is -0.309 e. The van der Waals surface area contributed by atoms with Gasteiger partial charge in [-0.05, 0) is 12.1 Å². The second-order valence-corrected chi connectivity index (χ2v) is 9.12. The van der Waals surface area contributed by atoms with Crippen LogP contribution in [0.4, 0.5) is 13.2 Å². The molecular formula is C17H13ClF3N7O2S. The Morgan fingerprint density at radius 3 is 2.55 bits per heavy atom. The summed E-state index contributed by atoms with van der Waals surface area (Å²) in [6, 6.07) is 3.55. The van der Waals surface area contributed by atoms with Gasteiger partial charge in [-0.2, -0.15) is 18.3 Å². The predicted molar refractivity (Wildman–Crippen MR) is 105 cm³/mol. The minimum absolute atomic E-state index is 0.00753. The van der Waals surface area contributed by atoms with E-state index in [0.717, 1.165) is 6.07 Å². The highest BCUT2D eigenvalue weighted by Crippen LogP contribution is 2.33. The third-order valence-corrected chi connectivity index (χ3v) is 6.59. The number of nitrogens with one attached hydrogen (secondary N) is 1. The fourth-order valence-corrected chi connectivity index (χ4v) is 4.15. The Morgan fingerprint density at radius 2 is 1.94 bits per heavy atom. The quantitative estimate of drug-likeness (QED) is 0.485. The lowest BCUT2D eigenvalue weighted by atomic mass is 10.2. The van der Waals surface area contributed by atoms with Crippen LogP contribution in [-0.4, -0.2) is 49.1 Å². The minimum atomic E-state index is -4.70. The molecule has 0 aliphatic heterocycles. The molecule has 0 spiro atoms. The molecule has 0 amide bonds. The van der Waals surface area contributed by atoms with Gasteiger partial charge in [-0.1, -0.05) is 18.5 Å². The van der Waals surface area contributed by atoms with E-state index >= 15 is 0 Å². The predicted octanol–water partition coefficient (Wildman–Crippen LogP) is 3.28. The molecule has 0 aliphatic rings. The molecule has 0 unspecified atom stereocenters. The van der Waals surface area contributed by atoms with Crippen molar-refractivity contribution < 1.29 is 21.6 Å². The van der Waals surface area contributed by atoms with Gasteiger partial charge in [-0.3, -0.25) is 5.10 Å². The van der Waals surface area contributed by atoms with E-state index in [0.29, 0.717) is 5.69 Å². The number of H-pyrrole nitrogens is 1. The van der Waals surface area contributed by atoms with Gasteiger partial charge in [0.25, 0.3) is 0 Å². The molecule has 4 rings (SSSR count). The zero-order valence-corrected chi connectivity index (χ0v) is 17.5. The summed E-state index contributed by atoms with van der Waals surface area (Å²) in [5.41, 5.74) is -0.708. The summed E-state index contributed by atoms with van der Waals surface area (Å²) in [7, 11) is -2.27. The van der Waals surface area contributed by atoms with E-state index < -0.39 is 21.7 Å². The second kappa shape index (κ2) is 7.27. The molecule has 0 atom stereocenters. The van der Waals surface area contributed by atoms with Crippen LogP contribution in [0.2, 0.25) is 5.02 Å². The lowest BCUT2D eigenvalue weighted by Crippen LogP contribution is -2.10. The summed E-state index contributed by atoms with van der Waals surface area (Å²) in [4.78, 5) is 8.46. The van der Waals surface area contributed by atoms with Crippen molar-refractivity contribution in [2.24, 2.45) is 7.05 Å². The number of alkyl halides is 3. The van der Waals surface area contributed by atoms with Crippen LogP contribution in [0.3, 0.4) is 0 Å². The van der Waals surface area contributed by atoms with Gasteiger partial charge in [0.15, 0.2) is 27.0 Å². The Bertz CT molecular complexity index is 1410. The van der Waals surface area contributed by atoms with Crippen molar-refractivity contribution in [2.75, 3.05) is 5.75 Å². The summed E-state index contributed by atoms with van der Waals surface area (Å²) >= 11 is 6.09. The van der Waals surface area contributed by atoms with Gasteiger partial charge in [0.2, 0.25) is 0 Å². The fourth-order valence-electron chi connectivity index (χ4n) is 2.94. The number of pyridine rings is 1. The number of aryl methyl sites for hydroxylation is 1. The van der Waals surface area contributed by atoms with Gasteiger partial charge in [-0.25, -0.2) is 18.4 Å². The highest BCUT2D eigenvalue weighted by Gasteiger charge is 2.34. The third kappa shape index (κ3) is 3.63. The number of hydrogen-bond acceptors (Lipinski definition) is 7. The number of fused-ring (bicyclic) bond motifs is 1. The highest BCUT2D eigenvalue weighted by molar-refractivity contribution is 7.91. The van der Waals surface area contributed by atoms with E-state index in [2.05, 4.69) is 30.4 Å². The Hall–Kier alpha value is -3.06. The molecule has 9 nitrogen and oxygen atoms in total. The second-order valence-electron chi connectivity index (χ2n) is 6.47. The summed E-state index contributed by atoms with van der Waals surface area (Å²) in [6.07, 6.45) is -3.34. The van der Waals surface area contributed by atoms with E-state index in [1.54, 1.807) is 0 Å². The first kappa shape index (κ1) is 21.2. The maximum absolute atomic E-state index is 13.0. The molecule has 0 aromatic carbocycles. The lowest BCUT2D eigenvalue weighted by Gasteiger charge is -2.10. The fraction of sp³-hybridized carbons (Fsp3) is 0.235. The topological polar surface area (TPSA) is 119 Å². The van der Waals surface area contributed by atoms with Crippen LogP contribution in [0.5, 0.6) is 0 Å². The monoisotopic (exact) mass is 471 g/mol. The molecule has 0 radical (unpaired) electrons. The van der Waals surface area contributed by atoms with Crippen LogP contribution < -0.4 is 0 Å². The lowest BCUT2D eigenvalue weighted by molar-refractivity contribution is -0.141. The van der Waals surface area contributed by atoms with E-state index in [9.17, 15) is 21.6 Å². The first-order chi connectivity index (χ1) is 14.5. The van der Waals surface area contributed by atoms with Crippen LogP contribution in [0.15, 0.2) is 29.3 Å². The average molecular weight is 472 g/mol. The molecule has 1 N–H and O–H groups in total. The van der Waals surface area contributed by atoms with Gasteiger partial charge < -0.3 is 4.57 Å². The summed E-state index contributed by atoms with van der Waals surface area (Å²) in [5.74, 6) is -0.207. The standard InChI is InChI=1S/C17H13ClF3N7O2S/c1-3-31(29,30)11-5-4-9(13-8(18)7-22-26-13)23-14(11)16-24-10-6-12(17(19,20)21)25-27-15(10)28(16)2/h4-7H,3H2,1-2H3,(H,22,26). The number of rotatable bonds is 4. The highest BCUT2D eigenvalue weighted by atomic mass is 35.5. The van der Waals surface area contributed by atoms with E-state index in [1.165, 1.54) is 36.9 Å². The van der Waals surface area contributed by atoms with E-state index in [-0.39, 0.29) is 44.0 Å². The van der Waals surface area contributed by atoms with Crippen molar-refractivity contribution in [1.29, 1.82) is 0 Å². The molecule has 4 aromatic heterocycles. The zero-order chi connectivity index (χ0) is 22.6. The molecule has 31 heavy (non-hydrogen) atoms. The van der Waals surface area contributed by atoms with Crippen LogP contribution in [0.1, 0.15) is 12.6 Å². The largest absolute Gasteiger partial charge is 0.435 e. The Kier molecular flexibility index (Phi) is 4.97. The Balaban J connectivity index is 2.00. The molecule has 0 saturated heterocycles.